The number of likely N-dealkylation sites (tertiary alicyclic amines) is 1. The van der Waals surface area contributed by atoms with Crippen molar-refractivity contribution in [2.45, 2.75) is 32.2 Å². The zero-order valence-electron chi connectivity index (χ0n) is 10.8. The van der Waals surface area contributed by atoms with Gasteiger partial charge in [0.25, 0.3) is 0 Å². The average molecular weight is 250 g/mol. The highest BCUT2D eigenvalue weighted by molar-refractivity contribution is 5.76. The monoisotopic (exact) mass is 250 g/mol. The summed E-state index contributed by atoms with van der Waals surface area (Å²) in [4.78, 5) is 18.0. The predicted octanol–water partition coefficient (Wildman–Crippen LogP) is 0.861. The third kappa shape index (κ3) is 3.57. The van der Waals surface area contributed by atoms with Crippen molar-refractivity contribution in [2.75, 3.05) is 19.6 Å². The molecule has 2 heterocycles. The van der Waals surface area contributed by atoms with Crippen molar-refractivity contribution in [2.24, 2.45) is 11.7 Å². The average Bonchev–Trinajstić information content (AvgIpc) is 2.90. The van der Waals surface area contributed by atoms with Gasteiger partial charge in [-0.05, 0) is 31.7 Å². The summed E-state index contributed by atoms with van der Waals surface area (Å²) in [5, 5.41) is 0. The molecule has 2 rings (SSSR count). The number of aryl methyl sites for hydroxylation is 1. The number of carbonyl (C=O) groups excluding carboxylic acids is 1. The van der Waals surface area contributed by atoms with E-state index < -0.39 is 0 Å². The van der Waals surface area contributed by atoms with Gasteiger partial charge in [0, 0.05) is 38.4 Å². The second-order valence-electron chi connectivity index (χ2n) is 4.95. The Hall–Kier alpha value is -1.36. The molecule has 0 aromatic carbocycles. The fourth-order valence-corrected chi connectivity index (χ4v) is 2.51. The van der Waals surface area contributed by atoms with Crippen LogP contribution in [0.15, 0.2) is 18.7 Å². The molecule has 0 spiro atoms. The van der Waals surface area contributed by atoms with Crippen molar-refractivity contribution in [3.05, 3.63) is 18.7 Å². The van der Waals surface area contributed by atoms with E-state index in [2.05, 4.69) is 4.98 Å². The first kappa shape index (κ1) is 13.1. The number of piperidine rings is 1. The highest BCUT2D eigenvalue weighted by Crippen LogP contribution is 2.20. The number of hydrogen-bond donors (Lipinski definition) is 1. The number of imidazole rings is 1. The molecule has 0 saturated carbocycles. The van der Waals surface area contributed by atoms with Gasteiger partial charge in [0.2, 0.25) is 5.91 Å². The fourth-order valence-electron chi connectivity index (χ4n) is 2.51. The summed E-state index contributed by atoms with van der Waals surface area (Å²) in [6.45, 7) is 3.28. The van der Waals surface area contributed by atoms with E-state index in [1.54, 1.807) is 12.5 Å². The van der Waals surface area contributed by atoms with Crippen molar-refractivity contribution in [1.29, 1.82) is 0 Å². The minimum atomic E-state index is 0.259. The fraction of sp³-hybridized carbons (Fsp3) is 0.692. The summed E-state index contributed by atoms with van der Waals surface area (Å²) in [6, 6.07) is 0. The summed E-state index contributed by atoms with van der Waals surface area (Å²) in [5.41, 5.74) is 5.57. The molecule has 0 atom stereocenters. The number of hydrogen-bond acceptors (Lipinski definition) is 3. The Morgan fingerprint density at radius 2 is 2.17 bits per heavy atom. The second kappa shape index (κ2) is 6.54. The first-order valence-corrected chi connectivity index (χ1v) is 6.73. The number of nitrogens with zero attached hydrogens (tertiary/aromatic N) is 3. The number of aromatic nitrogens is 2. The molecule has 5 nitrogen and oxygen atoms in total. The van der Waals surface area contributed by atoms with Gasteiger partial charge < -0.3 is 15.2 Å². The van der Waals surface area contributed by atoms with Gasteiger partial charge in [0.15, 0.2) is 0 Å². The van der Waals surface area contributed by atoms with E-state index in [0.717, 1.165) is 45.4 Å². The Balaban J connectivity index is 1.70. The zero-order chi connectivity index (χ0) is 12.8. The molecule has 1 aromatic heterocycles. The molecule has 5 heteroatoms. The second-order valence-corrected chi connectivity index (χ2v) is 4.95. The van der Waals surface area contributed by atoms with Crippen LogP contribution < -0.4 is 5.73 Å². The van der Waals surface area contributed by atoms with E-state index in [9.17, 15) is 4.79 Å². The molecule has 1 aliphatic rings. The molecule has 1 fully saturated rings. The van der Waals surface area contributed by atoms with Crippen LogP contribution in [0.1, 0.15) is 25.7 Å². The topological polar surface area (TPSA) is 64.2 Å². The van der Waals surface area contributed by atoms with Crippen LogP contribution in [0.4, 0.5) is 0 Å². The molecule has 18 heavy (non-hydrogen) atoms. The van der Waals surface area contributed by atoms with Gasteiger partial charge in [-0.2, -0.15) is 0 Å². The highest BCUT2D eigenvalue weighted by atomic mass is 16.2. The Kier molecular flexibility index (Phi) is 4.75. The molecule has 1 amide bonds. The van der Waals surface area contributed by atoms with Gasteiger partial charge in [-0.3, -0.25) is 4.79 Å². The van der Waals surface area contributed by atoms with Crippen LogP contribution in [0.3, 0.4) is 0 Å². The number of rotatable bonds is 5. The van der Waals surface area contributed by atoms with E-state index in [1.165, 1.54) is 0 Å². The lowest BCUT2D eigenvalue weighted by molar-refractivity contribution is -0.132. The van der Waals surface area contributed by atoms with Crippen LogP contribution in [0.25, 0.3) is 0 Å². The maximum Gasteiger partial charge on any atom is 0.224 e. The van der Waals surface area contributed by atoms with Crippen LogP contribution in [-0.2, 0) is 11.3 Å². The van der Waals surface area contributed by atoms with E-state index in [0.29, 0.717) is 12.3 Å². The number of nitrogens with two attached hydrogens (primary N) is 1. The third-order valence-electron chi connectivity index (χ3n) is 3.69. The predicted molar refractivity (Wildman–Crippen MR) is 69.8 cm³/mol. The molecular formula is C13H22N4O. The van der Waals surface area contributed by atoms with E-state index in [-0.39, 0.29) is 5.91 Å². The maximum atomic E-state index is 12.0. The first-order chi connectivity index (χ1) is 8.79. The molecule has 100 valence electrons. The lowest BCUT2D eigenvalue weighted by Gasteiger charge is -2.32. The van der Waals surface area contributed by atoms with Gasteiger partial charge >= 0.3 is 0 Å². The maximum absolute atomic E-state index is 12.0. The van der Waals surface area contributed by atoms with Gasteiger partial charge in [-0.25, -0.2) is 4.98 Å². The molecule has 1 aromatic rings. The zero-order valence-corrected chi connectivity index (χ0v) is 10.8. The number of carbonyl (C=O) groups is 1. The SMILES string of the molecule is NCCC1CCN(C(=O)CCn2ccnc2)CC1. The highest BCUT2D eigenvalue weighted by Gasteiger charge is 2.21. The van der Waals surface area contributed by atoms with Crippen LogP contribution >= 0.6 is 0 Å². The van der Waals surface area contributed by atoms with E-state index in [1.807, 2.05) is 15.7 Å². The summed E-state index contributed by atoms with van der Waals surface area (Å²) in [7, 11) is 0. The van der Waals surface area contributed by atoms with Gasteiger partial charge in [0.05, 0.1) is 6.33 Å². The van der Waals surface area contributed by atoms with Crippen molar-refractivity contribution in [3.8, 4) is 0 Å². The molecule has 1 aliphatic heterocycles. The third-order valence-corrected chi connectivity index (χ3v) is 3.69. The normalized spacial score (nSPS) is 17.1. The van der Waals surface area contributed by atoms with Crippen molar-refractivity contribution in [1.82, 2.24) is 14.5 Å². The van der Waals surface area contributed by atoms with Crippen LogP contribution in [0.5, 0.6) is 0 Å². The lowest BCUT2D eigenvalue weighted by atomic mass is 9.93. The standard InChI is InChI=1S/C13H22N4O/c14-5-1-12-2-8-17(9-3-12)13(18)4-7-16-10-6-15-11-16/h6,10-12H,1-5,7-9,14H2. The van der Waals surface area contributed by atoms with Crippen LogP contribution in [0, 0.1) is 5.92 Å². The van der Waals surface area contributed by atoms with Crippen molar-refractivity contribution < 1.29 is 4.79 Å². The Morgan fingerprint density at radius 1 is 1.39 bits per heavy atom. The Labute approximate surface area is 108 Å². The molecule has 1 saturated heterocycles. The van der Waals surface area contributed by atoms with Crippen molar-refractivity contribution in [3.63, 3.8) is 0 Å². The van der Waals surface area contributed by atoms with Gasteiger partial charge in [0.1, 0.15) is 0 Å². The molecule has 0 bridgehead atoms. The van der Waals surface area contributed by atoms with Crippen molar-refractivity contribution >= 4 is 5.91 Å². The first-order valence-electron chi connectivity index (χ1n) is 6.73. The Bertz CT molecular complexity index is 355. The minimum absolute atomic E-state index is 0.259. The van der Waals surface area contributed by atoms with Crippen LogP contribution in [0.2, 0.25) is 0 Å². The lowest BCUT2D eigenvalue weighted by Crippen LogP contribution is -2.39. The Morgan fingerprint density at radius 3 is 2.78 bits per heavy atom. The van der Waals surface area contributed by atoms with Gasteiger partial charge in [-0.1, -0.05) is 0 Å². The number of amides is 1. The molecular weight excluding hydrogens is 228 g/mol. The molecule has 0 aliphatic carbocycles. The van der Waals surface area contributed by atoms with E-state index >= 15 is 0 Å². The van der Waals surface area contributed by atoms with Crippen LogP contribution in [-0.4, -0.2) is 40.0 Å². The smallest absolute Gasteiger partial charge is 0.224 e. The minimum Gasteiger partial charge on any atom is -0.343 e. The summed E-state index contributed by atoms with van der Waals surface area (Å²) in [5.74, 6) is 0.975. The van der Waals surface area contributed by atoms with Gasteiger partial charge in [-0.15, -0.1) is 0 Å². The quantitative estimate of drug-likeness (QED) is 0.843. The molecule has 0 radical (unpaired) electrons. The molecule has 0 unspecified atom stereocenters. The van der Waals surface area contributed by atoms with E-state index in [4.69, 9.17) is 5.73 Å². The molecule has 2 N–H and O–H groups in total. The largest absolute Gasteiger partial charge is 0.343 e. The summed E-state index contributed by atoms with van der Waals surface area (Å²) >= 11 is 0. The summed E-state index contributed by atoms with van der Waals surface area (Å²) < 4.78 is 1.94. The summed E-state index contributed by atoms with van der Waals surface area (Å²) in [6.07, 6.45) is 9.25.